The third-order valence-corrected chi connectivity index (χ3v) is 3.96. The number of hydrogen-bond acceptors (Lipinski definition) is 5. The van der Waals surface area contributed by atoms with Crippen molar-refractivity contribution in [3.05, 3.63) is 71.9 Å². The number of rotatable bonds is 10. The van der Waals surface area contributed by atoms with Crippen LogP contribution in [0.5, 0.6) is 11.5 Å². The number of nitrogens with one attached hydrogen (secondary N) is 2. The van der Waals surface area contributed by atoms with Crippen LogP contribution in [0, 0.1) is 0 Å². The number of carbonyl (C=O) groups is 2. The number of fused-ring (bicyclic) bond motifs is 1. The van der Waals surface area contributed by atoms with Gasteiger partial charge in [0.1, 0.15) is 24.8 Å². The second kappa shape index (κ2) is 11.1. The van der Waals surface area contributed by atoms with Crippen molar-refractivity contribution in [2.45, 2.75) is 6.42 Å². The van der Waals surface area contributed by atoms with Crippen molar-refractivity contribution < 1.29 is 28.2 Å². The van der Waals surface area contributed by atoms with Crippen LogP contribution in [-0.4, -0.2) is 38.2 Å². The smallest absolute Gasteiger partial charge is 0.257 e. The molecule has 160 valence electrons. The summed E-state index contributed by atoms with van der Waals surface area (Å²) >= 11 is 5.38. The Morgan fingerprint density at radius 2 is 1.90 bits per heavy atom. The minimum atomic E-state index is -0.799. The molecule has 2 N–H and O–H groups in total. The average molecular weight is 437 g/mol. The van der Waals surface area contributed by atoms with Gasteiger partial charge in [0.15, 0.2) is 18.1 Å². The van der Waals surface area contributed by atoms with E-state index in [-0.39, 0.29) is 29.9 Å². The molecule has 0 saturated heterocycles. The first-order valence-electron chi connectivity index (χ1n) is 8.95. The number of allylic oxidation sites excluding steroid dienone is 3. The average Bonchev–Trinajstić information content (AvgIpc) is 2.71. The highest BCUT2D eigenvalue weighted by atomic mass is 35.5. The first kappa shape index (κ1) is 23.0. The maximum atomic E-state index is 13.2. The monoisotopic (exact) mass is 436 g/mol. The quantitative estimate of drug-likeness (QED) is 0.434. The lowest BCUT2D eigenvalue weighted by Crippen LogP contribution is -2.30. The third kappa shape index (κ3) is 7.29. The van der Waals surface area contributed by atoms with Crippen LogP contribution < -0.4 is 20.1 Å². The molecule has 0 radical (unpaired) electrons. The van der Waals surface area contributed by atoms with Crippen LogP contribution >= 0.6 is 11.6 Å². The lowest BCUT2D eigenvalue weighted by atomic mass is 10.1. The molecule has 30 heavy (non-hydrogen) atoms. The van der Waals surface area contributed by atoms with Crippen LogP contribution in [0.2, 0.25) is 0 Å². The van der Waals surface area contributed by atoms with Gasteiger partial charge in [-0.2, -0.15) is 0 Å². The standard InChI is InChI=1S/C21H22ClFN2O5/c1-13(6-7-24-20(26)12-30-14(2)10-17(23)15(3)22)25-21(27)16-4-5-18-19(11-16)29-9-8-28-18/h4-5,10-11H,1-3,6-9,12H2,(H,24,26)(H,25,27)/b17-10+. The molecule has 1 heterocycles. The summed E-state index contributed by atoms with van der Waals surface area (Å²) in [6.45, 7) is 11.2. The van der Waals surface area contributed by atoms with Crippen molar-refractivity contribution in [2.24, 2.45) is 0 Å². The van der Waals surface area contributed by atoms with E-state index in [0.29, 0.717) is 42.4 Å². The molecule has 1 aliphatic rings. The lowest BCUT2D eigenvalue weighted by molar-refractivity contribution is -0.124. The van der Waals surface area contributed by atoms with Crippen LogP contribution in [0.15, 0.2) is 66.3 Å². The van der Waals surface area contributed by atoms with Gasteiger partial charge in [0, 0.05) is 30.3 Å². The molecular formula is C21H22ClFN2O5. The topological polar surface area (TPSA) is 85.9 Å². The Hall–Kier alpha value is -3.26. The Labute approximate surface area is 178 Å². The van der Waals surface area contributed by atoms with E-state index in [9.17, 15) is 14.0 Å². The number of amides is 2. The van der Waals surface area contributed by atoms with E-state index in [0.717, 1.165) is 6.08 Å². The van der Waals surface area contributed by atoms with Crippen LogP contribution in [-0.2, 0) is 9.53 Å². The largest absolute Gasteiger partial charge is 0.486 e. The summed E-state index contributed by atoms with van der Waals surface area (Å²) in [7, 11) is 0. The van der Waals surface area contributed by atoms with Gasteiger partial charge in [-0.05, 0) is 18.2 Å². The summed E-state index contributed by atoms with van der Waals surface area (Å²) in [6.07, 6.45) is 1.24. The summed E-state index contributed by atoms with van der Waals surface area (Å²) in [5.41, 5.74) is 0.822. The van der Waals surface area contributed by atoms with E-state index < -0.39 is 11.7 Å². The van der Waals surface area contributed by atoms with Crippen molar-refractivity contribution in [2.75, 3.05) is 26.4 Å². The fourth-order valence-corrected chi connectivity index (χ4v) is 2.36. The molecule has 9 heteroatoms. The SMILES string of the molecule is C=C(CCNC(=O)COC(=C)/C=C(/F)C(=C)Cl)NC(=O)c1ccc2c(c1)OCCO2. The molecule has 0 atom stereocenters. The van der Waals surface area contributed by atoms with Gasteiger partial charge in [0.25, 0.3) is 11.8 Å². The summed E-state index contributed by atoms with van der Waals surface area (Å²) in [5, 5.41) is 4.96. The zero-order valence-electron chi connectivity index (χ0n) is 16.3. The minimum Gasteiger partial charge on any atom is -0.486 e. The van der Waals surface area contributed by atoms with Crippen molar-refractivity contribution in [1.29, 1.82) is 0 Å². The highest BCUT2D eigenvalue weighted by Gasteiger charge is 2.15. The molecule has 1 aliphatic heterocycles. The maximum absolute atomic E-state index is 13.2. The number of halogens is 2. The molecule has 0 saturated carbocycles. The molecule has 1 aromatic rings. The molecule has 0 aromatic heterocycles. The molecule has 2 rings (SSSR count). The van der Waals surface area contributed by atoms with Gasteiger partial charge in [-0.3, -0.25) is 9.59 Å². The Bertz CT molecular complexity index is 897. The number of benzene rings is 1. The van der Waals surface area contributed by atoms with Gasteiger partial charge in [0.05, 0.1) is 5.03 Å². The van der Waals surface area contributed by atoms with E-state index in [1.165, 1.54) is 0 Å². The van der Waals surface area contributed by atoms with Gasteiger partial charge >= 0.3 is 0 Å². The Morgan fingerprint density at radius 3 is 2.60 bits per heavy atom. The van der Waals surface area contributed by atoms with E-state index >= 15 is 0 Å². The van der Waals surface area contributed by atoms with E-state index in [1.807, 2.05) is 0 Å². The first-order valence-corrected chi connectivity index (χ1v) is 9.33. The minimum absolute atomic E-state index is 0.0689. The number of hydrogen-bond donors (Lipinski definition) is 2. The third-order valence-electron chi connectivity index (χ3n) is 3.78. The van der Waals surface area contributed by atoms with Crippen molar-refractivity contribution in [1.82, 2.24) is 10.6 Å². The van der Waals surface area contributed by atoms with Crippen molar-refractivity contribution in [3.8, 4) is 11.5 Å². The normalized spacial score (nSPS) is 12.5. The molecule has 0 aliphatic carbocycles. The van der Waals surface area contributed by atoms with Crippen LogP contribution in [0.4, 0.5) is 4.39 Å². The summed E-state index contributed by atoms with van der Waals surface area (Å²) < 4.78 is 29.1. The van der Waals surface area contributed by atoms with E-state index in [4.69, 9.17) is 25.8 Å². The second-order valence-electron chi connectivity index (χ2n) is 6.17. The summed E-state index contributed by atoms with van der Waals surface area (Å²) in [4.78, 5) is 24.1. The molecule has 2 amide bonds. The van der Waals surface area contributed by atoms with Crippen molar-refractivity contribution >= 4 is 23.4 Å². The van der Waals surface area contributed by atoms with Gasteiger partial charge in [-0.1, -0.05) is 31.3 Å². The van der Waals surface area contributed by atoms with Gasteiger partial charge < -0.3 is 24.8 Å². The Morgan fingerprint density at radius 1 is 1.20 bits per heavy atom. The van der Waals surface area contributed by atoms with Crippen LogP contribution in [0.3, 0.4) is 0 Å². The van der Waals surface area contributed by atoms with Gasteiger partial charge in [-0.25, -0.2) is 4.39 Å². The molecule has 0 spiro atoms. The number of carbonyl (C=O) groups excluding carboxylic acids is 2. The number of ether oxygens (including phenoxy) is 3. The molecule has 7 nitrogen and oxygen atoms in total. The maximum Gasteiger partial charge on any atom is 0.257 e. The lowest BCUT2D eigenvalue weighted by Gasteiger charge is -2.18. The highest BCUT2D eigenvalue weighted by Crippen LogP contribution is 2.30. The zero-order chi connectivity index (χ0) is 22.1. The summed E-state index contributed by atoms with van der Waals surface area (Å²) in [6, 6.07) is 4.89. The van der Waals surface area contributed by atoms with Crippen molar-refractivity contribution in [3.63, 3.8) is 0 Å². The zero-order valence-corrected chi connectivity index (χ0v) is 17.0. The second-order valence-corrected chi connectivity index (χ2v) is 6.62. The first-order chi connectivity index (χ1) is 14.3. The predicted octanol–water partition coefficient (Wildman–Crippen LogP) is 3.34. The molecule has 0 unspecified atom stereocenters. The molecule has 1 aromatic carbocycles. The van der Waals surface area contributed by atoms with E-state index in [2.05, 4.69) is 30.4 Å². The van der Waals surface area contributed by atoms with Crippen LogP contribution in [0.1, 0.15) is 16.8 Å². The van der Waals surface area contributed by atoms with Crippen LogP contribution in [0.25, 0.3) is 0 Å². The Balaban J connectivity index is 1.70. The molecule has 0 bridgehead atoms. The Kier molecular flexibility index (Phi) is 8.49. The molecule has 0 fully saturated rings. The fourth-order valence-electron chi connectivity index (χ4n) is 2.30. The van der Waals surface area contributed by atoms with Gasteiger partial charge in [0.2, 0.25) is 0 Å². The summed E-state index contributed by atoms with van der Waals surface area (Å²) in [5.74, 6) is -0.556. The fraction of sp³-hybridized carbons (Fsp3) is 0.238. The molecular weight excluding hydrogens is 415 g/mol. The van der Waals surface area contributed by atoms with E-state index in [1.54, 1.807) is 18.2 Å². The highest BCUT2D eigenvalue weighted by molar-refractivity contribution is 6.31. The van der Waals surface area contributed by atoms with Gasteiger partial charge in [-0.15, -0.1) is 0 Å². The predicted molar refractivity (Wildman–Crippen MR) is 111 cm³/mol.